The van der Waals surface area contributed by atoms with Gasteiger partial charge in [0.1, 0.15) is 5.82 Å². The van der Waals surface area contributed by atoms with Gasteiger partial charge in [0.2, 0.25) is 0 Å². The Labute approximate surface area is 85.8 Å². The molecule has 1 saturated carbocycles. The van der Waals surface area contributed by atoms with E-state index < -0.39 is 0 Å². The van der Waals surface area contributed by atoms with Crippen LogP contribution in [0.1, 0.15) is 57.3 Å². The van der Waals surface area contributed by atoms with Crippen LogP contribution in [0.2, 0.25) is 0 Å². The van der Waals surface area contributed by atoms with E-state index in [4.69, 9.17) is 0 Å². The monoisotopic (exact) mass is 190 g/mol. The van der Waals surface area contributed by atoms with Crippen molar-refractivity contribution in [2.75, 3.05) is 0 Å². The summed E-state index contributed by atoms with van der Waals surface area (Å²) < 4.78 is 0. The molecule has 1 fully saturated rings. The van der Waals surface area contributed by atoms with Gasteiger partial charge in [-0.15, -0.1) is 0 Å². The van der Waals surface area contributed by atoms with Gasteiger partial charge < -0.3 is 0 Å². The Balaban J connectivity index is 2.17. The lowest BCUT2D eigenvalue weighted by Gasteiger charge is -2.24. The second-order valence-electron chi connectivity index (χ2n) is 5.21. The van der Waals surface area contributed by atoms with Crippen molar-refractivity contribution in [3.8, 4) is 0 Å². The fraction of sp³-hybridized carbons (Fsp3) is 0.667. The van der Waals surface area contributed by atoms with Gasteiger partial charge in [-0.1, -0.05) is 27.2 Å². The lowest BCUT2D eigenvalue weighted by atomic mass is 9.84. The molecule has 2 heteroatoms. The van der Waals surface area contributed by atoms with Gasteiger partial charge in [0.25, 0.3) is 0 Å². The van der Waals surface area contributed by atoms with Crippen molar-refractivity contribution in [2.24, 2.45) is 0 Å². The summed E-state index contributed by atoms with van der Waals surface area (Å²) in [6.45, 7) is 6.57. The van der Waals surface area contributed by atoms with E-state index in [1.54, 1.807) is 0 Å². The van der Waals surface area contributed by atoms with Crippen LogP contribution in [-0.2, 0) is 5.41 Å². The van der Waals surface area contributed by atoms with E-state index in [1.807, 2.05) is 12.4 Å². The molecule has 1 aromatic heterocycles. The van der Waals surface area contributed by atoms with Crippen LogP contribution in [0.15, 0.2) is 12.4 Å². The maximum absolute atomic E-state index is 4.46. The van der Waals surface area contributed by atoms with Crippen LogP contribution >= 0.6 is 0 Å². The molecule has 0 atom stereocenters. The molecule has 1 aromatic rings. The summed E-state index contributed by atoms with van der Waals surface area (Å²) in [6.07, 6.45) is 7.86. The van der Waals surface area contributed by atoms with Crippen molar-refractivity contribution in [3.05, 3.63) is 23.8 Å². The van der Waals surface area contributed by atoms with E-state index >= 15 is 0 Å². The van der Waals surface area contributed by atoms with E-state index in [9.17, 15) is 0 Å². The smallest absolute Gasteiger partial charge is 0.131 e. The lowest BCUT2D eigenvalue weighted by Crippen LogP contribution is -2.16. The van der Waals surface area contributed by atoms with Crippen LogP contribution in [0.25, 0.3) is 0 Å². The van der Waals surface area contributed by atoms with Crippen LogP contribution in [0.4, 0.5) is 0 Å². The molecule has 76 valence electrons. The Hall–Kier alpha value is -0.920. The molecular weight excluding hydrogens is 172 g/mol. The number of hydrogen-bond donors (Lipinski definition) is 0. The van der Waals surface area contributed by atoms with Crippen molar-refractivity contribution in [3.63, 3.8) is 0 Å². The zero-order chi connectivity index (χ0) is 10.2. The molecule has 14 heavy (non-hydrogen) atoms. The molecule has 2 nitrogen and oxygen atoms in total. The molecule has 1 aliphatic carbocycles. The van der Waals surface area contributed by atoms with Crippen LogP contribution in [-0.4, -0.2) is 9.97 Å². The third-order valence-corrected chi connectivity index (χ3v) is 3.01. The largest absolute Gasteiger partial charge is 0.241 e. The van der Waals surface area contributed by atoms with Gasteiger partial charge in [0, 0.05) is 18.3 Å². The molecule has 0 N–H and O–H groups in total. The van der Waals surface area contributed by atoms with E-state index in [-0.39, 0.29) is 5.41 Å². The molecule has 0 bridgehead atoms. The average molecular weight is 190 g/mol. The molecule has 0 unspecified atom stereocenters. The summed E-state index contributed by atoms with van der Waals surface area (Å²) in [5, 5.41) is 0. The van der Waals surface area contributed by atoms with E-state index in [2.05, 4.69) is 30.7 Å². The Morgan fingerprint density at radius 1 is 1.14 bits per heavy atom. The van der Waals surface area contributed by atoms with Crippen molar-refractivity contribution < 1.29 is 0 Å². The molecule has 0 spiro atoms. The normalized spacial score (nSPS) is 17.9. The molecule has 2 rings (SSSR count). The number of hydrogen-bond acceptors (Lipinski definition) is 2. The third-order valence-electron chi connectivity index (χ3n) is 3.01. The summed E-state index contributed by atoms with van der Waals surface area (Å²) in [6, 6.07) is 0. The Morgan fingerprint density at radius 2 is 1.71 bits per heavy atom. The van der Waals surface area contributed by atoms with Crippen LogP contribution in [0.5, 0.6) is 0 Å². The minimum absolute atomic E-state index is 0.165. The van der Waals surface area contributed by atoms with Crippen molar-refractivity contribution in [1.82, 2.24) is 9.97 Å². The zero-order valence-electron chi connectivity index (χ0n) is 9.25. The summed E-state index contributed by atoms with van der Waals surface area (Å²) in [7, 11) is 0. The predicted molar refractivity (Wildman–Crippen MR) is 57.3 cm³/mol. The minimum atomic E-state index is 0.165. The molecule has 0 saturated heterocycles. The van der Waals surface area contributed by atoms with Crippen LogP contribution in [0.3, 0.4) is 0 Å². The van der Waals surface area contributed by atoms with Gasteiger partial charge in [0.15, 0.2) is 0 Å². The summed E-state index contributed by atoms with van der Waals surface area (Å²) in [5.74, 6) is 1.69. The molecule has 0 aromatic carbocycles. The molecule has 0 radical (unpaired) electrons. The highest BCUT2D eigenvalue weighted by Crippen LogP contribution is 2.34. The SMILES string of the molecule is CC(C)(C)c1cnc(C2CCC2)nc1. The van der Waals surface area contributed by atoms with Gasteiger partial charge in [0.05, 0.1) is 0 Å². The van der Waals surface area contributed by atoms with Crippen molar-refractivity contribution in [2.45, 2.75) is 51.4 Å². The maximum Gasteiger partial charge on any atom is 0.131 e. The quantitative estimate of drug-likeness (QED) is 0.680. The first-order valence-corrected chi connectivity index (χ1v) is 5.40. The van der Waals surface area contributed by atoms with Crippen LogP contribution in [0, 0.1) is 0 Å². The van der Waals surface area contributed by atoms with E-state index in [0.29, 0.717) is 5.92 Å². The summed E-state index contributed by atoms with van der Waals surface area (Å²) in [5.41, 5.74) is 1.39. The molecule has 1 heterocycles. The second kappa shape index (κ2) is 3.34. The number of rotatable bonds is 1. The third kappa shape index (κ3) is 1.79. The predicted octanol–water partition coefficient (Wildman–Crippen LogP) is 3.04. The first-order chi connectivity index (χ1) is 6.57. The highest BCUT2D eigenvalue weighted by Gasteiger charge is 2.22. The number of nitrogens with zero attached hydrogens (tertiary/aromatic N) is 2. The molecule has 0 amide bonds. The maximum atomic E-state index is 4.46. The van der Waals surface area contributed by atoms with Crippen molar-refractivity contribution in [1.29, 1.82) is 0 Å². The Bertz CT molecular complexity index is 304. The van der Waals surface area contributed by atoms with Gasteiger partial charge >= 0.3 is 0 Å². The van der Waals surface area contributed by atoms with Gasteiger partial charge in [-0.05, 0) is 23.8 Å². The Kier molecular flexibility index (Phi) is 2.30. The summed E-state index contributed by atoms with van der Waals surface area (Å²) >= 11 is 0. The fourth-order valence-electron chi connectivity index (χ4n) is 1.60. The first kappa shape index (κ1) is 9.63. The highest BCUT2D eigenvalue weighted by molar-refractivity contribution is 5.16. The second-order valence-corrected chi connectivity index (χ2v) is 5.21. The molecule has 1 aliphatic rings. The molecular formula is C12H18N2. The van der Waals surface area contributed by atoms with E-state index in [0.717, 1.165) is 5.82 Å². The zero-order valence-corrected chi connectivity index (χ0v) is 9.25. The highest BCUT2D eigenvalue weighted by atomic mass is 14.9. The van der Waals surface area contributed by atoms with Gasteiger partial charge in [-0.25, -0.2) is 9.97 Å². The van der Waals surface area contributed by atoms with E-state index in [1.165, 1.54) is 24.8 Å². The topological polar surface area (TPSA) is 25.8 Å². The van der Waals surface area contributed by atoms with Gasteiger partial charge in [-0.3, -0.25) is 0 Å². The Morgan fingerprint density at radius 3 is 2.07 bits per heavy atom. The van der Waals surface area contributed by atoms with Crippen molar-refractivity contribution >= 4 is 0 Å². The average Bonchev–Trinajstić information content (AvgIpc) is 2.00. The number of aromatic nitrogens is 2. The molecule has 0 aliphatic heterocycles. The van der Waals surface area contributed by atoms with Gasteiger partial charge in [-0.2, -0.15) is 0 Å². The van der Waals surface area contributed by atoms with Crippen LogP contribution < -0.4 is 0 Å². The summed E-state index contributed by atoms with van der Waals surface area (Å²) in [4.78, 5) is 8.91. The fourth-order valence-corrected chi connectivity index (χ4v) is 1.60. The first-order valence-electron chi connectivity index (χ1n) is 5.40. The standard InChI is InChI=1S/C12H18N2/c1-12(2,3)10-7-13-11(14-8-10)9-5-4-6-9/h7-9H,4-6H2,1-3H3. The lowest BCUT2D eigenvalue weighted by molar-refractivity contribution is 0.400. The minimum Gasteiger partial charge on any atom is -0.241 e.